The van der Waals surface area contributed by atoms with Crippen LogP contribution in [0.5, 0.6) is 0 Å². The van der Waals surface area contributed by atoms with E-state index in [1.165, 1.54) is 12.1 Å². The van der Waals surface area contributed by atoms with Gasteiger partial charge in [-0.2, -0.15) is 0 Å². The number of carbonyl (C=O) groups is 1. The van der Waals surface area contributed by atoms with Crippen molar-refractivity contribution >= 4 is 11.8 Å². The van der Waals surface area contributed by atoms with Crippen molar-refractivity contribution in [2.24, 2.45) is 0 Å². The highest BCUT2D eigenvalue weighted by Gasteiger charge is 2.19. The fourth-order valence-electron chi connectivity index (χ4n) is 2.20. The third-order valence-corrected chi connectivity index (χ3v) is 3.65. The second-order valence-corrected chi connectivity index (χ2v) is 5.57. The molecule has 0 aliphatic heterocycles. The highest BCUT2D eigenvalue weighted by Crippen LogP contribution is 2.22. The lowest BCUT2D eigenvalue weighted by molar-refractivity contribution is 0.0135. The SMILES string of the molecule is Nc1ccc(C(O)C(O)CCNC(=O)OCc2ccccc2)cc1F. The molecule has 1 amide bonds. The lowest BCUT2D eigenvalue weighted by Gasteiger charge is -2.18. The van der Waals surface area contributed by atoms with Crippen molar-refractivity contribution in [3.05, 3.63) is 65.5 Å². The number of hydrogen-bond donors (Lipinski definition) is 4. The van der Waals surface area contributed by atoms with Gasteiger partial charge in [0, 0.05) is 6.54 Å². The number of benzene rings is 2. The van der Waals surface area contributed by atoms with Crippen LogP contribution in [0.4, 0.5) is 14.9 Å². The van der Waals surface area contributed by atoms with Crippen molar-refractivity contribution in [2.45, 2.75) is 25.2 Å². The van der Waals surface area contributed by atoms with E-state index in [1.54, 1.807) is 0 Å². The number of ether oxygens (including phenoxy) is 1. The Morgan fingerprint density at radius 3 is 2.60 bits per heavy atom. The molecule has 0 aromatic heterocycles. The molecule has 2 atom stereocenters. The van der Waals surface area contributed by atoms with Gasteiger partial charge in [0.25, 0.3) is 0 Å². The van der Waals surface area contributed by atoms with E-state index >= 15 is 0 Å². The van der Waals surface area contributed by atoms with Crippen LogP contribution < -0.4 is 11.1 Å². The summed E-state index contributed by atoms with van der Waals surface area (Å²) < 4.78 is 18.4. The number of aliphatic hydroxyl groups is 2. The van der Waals surface area contributed by atoms with Crippen LogP contribution in [-0.2, 0) is 11.3 Å². The van der Waals surface area contributed by atoms with E-state index in [-0.39, 0.29) is 30.8 Å². The summed E-state index contributed by atoms with van der Waals surface area (Å²) >= 11 is 0. The molecule has 0 radical (unpaired) electrons. The number of amides is 1. The predicted molar refractivity (Wildman–Crippen MR) is 91.0 cm³/mol. The molecule has 0 heterocycles. The summed E-state index contributed by atoms with van der Waals surface area (Å²) in [5.74, 6) is -0.661. The number of alkyl carbamates (subject to hydrolysis) is 1. The molecule has 7 heteroatoms. The van der Waals surface area contributed by atoms with E-state index in [4.69, 9.17) is 10.5 Å². The molecule has 0 saturated carbocycles. The number of anilines is 1. The van der Waals surface area contributed by atoms with Gasteiger partial charge in [0.15, 0.2) is 0 Å². The Labute approximate surface area is 145 Å². The van der Waals surface area contributed by atoms with Crippen LogP contribution in [-0.4, -0.2) is 29.0 Å². The number of carbonyl (C=O) groups excluding carboxylic acids is 1. The number of aliphatic hydroxyl groups excluding tert-OH is 2. The summed E-state index contributed by atoms with van der Waals surface area (Å²) in [5, 5.41) is 22.5. The molecular weight excluding hydrogens is 327 g/mol. The van der Waals surface area contributed by atoms with Crippen LogP contribution in [0, 0.1) is 5.82 Å². The molecule has 0 saturated heterocycles. The van der Waals surface area contributed by atoms with Crippen molar-refractivity contribution in [3.8, 4) is 0 Å². The maximum atomic E-state index is 13.4. The number of nitrogen functional groups attached to an aromatic ring is 1. The van der Waals surface area contributed by atoms with Gasteiger partial charge in [-0.1, -0.05) is 36.4 Å². The minimum absolute atomic E-state index is 0.0340. The molecule has 0 aliphatic rings. The Morgan fingerprint density at radius 1 is 1.20 bits per heavy atom. The van der Waals surface area contributed by atoms with Gasteiger partial charge < -0.3 is 26.0 Å². The smallest absolute Gasteiger partial charge is 0.407 e. The standard InChI is InChI=1S/C18H21FN2O4/c19-14-10-13(6-7-15(14)20)17(23)16(22)8-9-21-18(24)25-11-12-4-2-1-3-5-12/h1-7,10,16-17,22-23H,8-9,11,20H2,(H,21,24). The van der Waals surface area contributed by atoms with Gasteiger partial charge in [-0.15, -0.1) is 0 Å². The fourth-order valence-corrected chi connectivity index (χ4v) is 2.20. The average molecular weight is 348 g/mol. The van der Waals surface area contributed by atoms with E-state index in [2.05, 4.69) is 5.32 Å². The zero-order valence-corrected chi connectivity index (χ0v) is 13.6. The van der Waals surface area contributed by atoms with Gasteiger partial charge >= 0.3 is 6.09 Å². The summed E-state index contributed by atoms with van der Waals surface area (Å²) in [6, 6.07) is 13.0. The Kier molecular flexibility index (Phi) is 6.73. The third kappa shape index (κ3) is 5.74. The molecular formula is C18H21FN2O4. The van der Waals surface area contributed by atoms with Crippen LogP contribution in [0.1, 0.15) is 23.7 Å². The van der Waals surface area contributed by atoms with Crippen molar-refractivity contribution in [2.75, 3.05) is 12.3 Å². The Morgan fingerprint density at radius 2 is 1.92 bits per heavy atom. The maximum Gasteiger partial charge on any atom is 0.407 e. The topological polar surface area (TPSA) is 105 Å². The molecule has 0 spiro atoms. The molecule has 2 aromatic carbocycles. The predicted octanol–water partition coefficient (Wildman–Crippen LogP) is 2.12. The first-order valence-corrected chi connectivity index (χ1v) is 7.83. The minimum Gasteiger partial charge on any atom is -0.445 e. The Bertz CT molecular complexity index is 697. The lowest BCUT2D eigenvalue weighted by atomic mass is 10.0. The van der Waals surface area contributed by atoms with Gasteiger partial charge in [0.2, 0.25) is 0 Å². The first kappa shape index (κ1) is 18.7. The highest BCUT2D eigenvalue weighted by molar-refractivity contribution is 5.67. The number of hydrogen-bond acceptors (Lipinski definition) is 5. The number of nitrogens with one attached hydrogen (secondary N) is 1. The van der Waals surface area contributed by atoms with Gasteiger partial charge in [-0.05, 0) is 29.7 Å². The summed E-state index contributed by atoms with van der Waals surface area (Å²) in [5.41, 5.74) is 6.41. The van der Waals surface area contributed by atoms with E-state index < -0.39 is 24.1 Å². The quantitative estimate of drug-likeness (QED) is 0.574. The zero-order chi connectivity index (χ0) is 18.2. The first-order valence-electron chi connectivity index (χ1n) is 7.83. The Balaban J connectivity index is 1.72. The molecule has 134 valence electrons. The minimum atomic E-state index is -1.28. The number of nitrogens with two attached hydrogens (primary N) is 1. The monoisotopic (exact) mass is 348 g/mol. The van der Waals surface area contributed by atoms with Crippen molar-refractivity contribution < 1.29 is 24.1 Å². The van der Waals surface area contributed by atoms with E-state index in [0.29, 0.717) is 0 Å². The van der Waals surface area contributed by atoms with E-state index in [1.807, 2.05) is 30.3 Å². The Hall–Kier alpha value is -2.64. The van der Waals surface area contributed by atoms with E-state index in [0.717, 1.165) is 11.6 Å². The van der Waals surface area contributed by atoms with Crippen molar-refractivity contribution in [1.29, 1.82) is 0 Å². The second-order valence-electron chi connectivity index (χ2n) is 5.57. The lowest BCUT2D eigenvalue weighted by Crippen LogP contribution is -2.29. The third-order valence-electron chi connectivity index (χ3n) is 3.65. The van der Waals surface area contributed by atoms with Crippen LogP contribution >= 0.6 is 0 Å². The van der Waals surface area contributed by atoms with Gasteiger partial charge in [0.05, 0.1) is 11.8 Å². The van der Waals surface area contributed by atoms with Gasteiger partial charge in [0.1, 0.15) is 18.5 Å². The van der Waals surface area contributed by atoms with Crippen LogP contribution in [0.3, 0.4) is 0 Å². The highest BCUT2D eigenvalue weighted by atomic mass is 19.1. The van der Waals surface area contributed by atoms with E-state index in [9.17, 15) is 19.4 Å². The molecule has 2 unspecified atom stereocenters. The molecule has 5 N–H and O–H groups in total. The molecule has 6 nitrogen and oxygen atoms in total. The van der Waals surface area contributed by atoms with Crippen LogP contribution in [0.15, 0.2) is 48.5 Å². The summed E-state index contributed by atoms with van der Waals surface area (Å²) in [4.78, 5) is 11.6. The van der Waals surface area contributed by atoms with Gasteiger partial charge in [-0.25, -0.2) is 9.18 Å². The van der Waals surface area contributed by atoms with Gasteiger partial charge in [-0.3, -0.25) is 0 Å². The molecule has 0 bridgehead atoms. The largest absolute Gasteiger partial charge is 0.445 e. The normalized spacial score (nSPS) is 13.1. The summed E-state index contributed by atoms with van der Waals surface area (Å²) in [7, 11) is 0. The molecule has 2 aromatic rings. The molecule has 0 aliphatic carbocycles. The maximum absolute atomic E-state index is 13.4. The zero-order valence-electron chi connectivity index (χ0n) is 13.6. The molecule has 0 fully saturated rings. The average Bonchev–Trinajstić information content (AvgIpc) is 2.62. The second kappa shape index (κ2) is 9.00. The molecule has 25 heavy (non-hydrogen) atoms. The van der Waals surface area contributed by atoms with Crippen LogP contribution in [0.2, 0.25) is 0 Å². The van der Waals surface area contributed by atoms with Crippen LogP contribution in [0.25, 0.3) is 0 Å². The van der Waals surface area contributed by atoms with Crippen molar-refractivity contribution in [1.82, 2.24) is 5.32 Å². The van der Waals surface area contributed by atoms with Crippen molar-refractivity contribution in [3.63, 3.8) is 0 Å². The summed E-state index contributed by atoms with van der Waals surface area (Å²) in [6.07, 6.45) is -2.99. The fraction of sp³-hybridized carbons (Fsp3) is 0.278. The number of halogens is 1. The molecule has 2 rings (SSSR count). The number of rotatable bonds is 7. The summed E-state index contributed by atoms with van der Waals surface area (Å²) in [6.45, 7) is 0.242. The first-order chi connectivity index (χ1) is 12.0.